The average molecular weight is 570 g/mol. The number of carbonyl (C=O) groups excluding carboxylic acids is 1. The van der Waals surface area contributed by atoms with Crippen LogP contribution in [0.2, 0.25) is 0 Å². The smallest absolute Gasteiger partial charge is 0.395 e. The lowest BCUT2D eigenvalue weighted by Gasteiger charge is -2.17. The molecule has 4 rings (SSSR count). The number of amides is 1. The number of fused-ring (bicyclic) bond motifs is 1. The highest BCUT2D eigenvalue weighted by Gasteiger charge is 2.34. The van der Waals surface area contributed by atoms with E-state index in [9.17, 15) is 22.4 Å². The fraction of sp³-hybridized carbons (Fsp3) is 0.286. The molecule has 1 amide bonds. The Hall–Kier alpha value is -4.54. The maximum Gasteiger partial charge on any atom is 0.417 e. The molecule has 0 aliphatic carbocycles. The maximum atomic E-state index is 14.0. The zero-order chi connectivity index (χ0) is 29.4. The molecule has 0 atom stereocenters. The summed E-state index contributed by atoms with van der Waals surface area (Å²) < 4.78 is 55.3. The van der Waals surface area contributed by atoms with E-state index in [0.717, 1.165) is 6.07 Å². The Morgan fingerprint density at radius 2 is 1.98 bits per heavy atom. The minimum atomic E-state index is -4.67. The van der Waals surface area contributed by atoms with Crippen LogP contribution >= 0.6 is 0 Å². The predicted octanol–water partition coefficient (Wildman–Crippen LogP) is 4.49. The summed E-state index contributed by atoms with van der Waals surface area (Å²) in [6.45, 7) is 3.60. The van der Waals surface area contributed by atoms with Crippen LogP contribution in [0.4, 0.5) is 34.9 Å². The average Bonchev–Trinajstić information content (AvgIpc) is 3.35. The molecule has 214 valence electrons. The first kappa shape index (κ1) is 29.4. The Morgan fingerprint density at radius 3 is 2.71 bits per heavy atom. The van der Waals surface area contributed by atoms with Crippen LogP contribution < -0.4 is 10.6 Å². The van der Waals surface area contributed by atoms with Gasteiger partial charge in [-0.1, -0.05) is 24.8 Å². The number of rotatable bonds is 10. The van der Waals surface area contributed by atoms with Gasteiger partial charge in [-0.25, -0.2) is 14.4 Å². The van der Waals surface area contributed by atoms with E-state index in [1.165, 1.54) is 36.7 Å². The quantitative estimate of drug-likeness (QED) is 0.164. The van der Waals surface area contributed by atoms with Crippen molar-refractivity contribution in [3.8, 4) is 11.8 Å². The number of anilines is 3. The van der Waals surface area contributed by atoms with Gasteiger partial charge in [-0.15, -0.1) is 0 Å². The first-order chi connectivity index (χ1) is 19.7. The molecule has 4 N–H and O–H groups in total. The minimum Gasteiger partial charge on any atom is -0.395 e. The number of nitrogens with zero attached hydrogens (tertiary/aromatic N) is 4. The highest BCUT2D eigenvalue weighted by atomic mass is 19.4. The van der Waals surface area contributed by atoms with Gasteiger partial charge in [-0.05, 0) is 36.9 Å². The summed E-state index contributed by atoms with van der Waals surface area (Å²) in [7, 11) is 0. The van der Waals surface area contributed by atoms with Crippen molar-refractivity contribution in [2.24, 2.45) is 0 Å². The molecule has 2 aromatic carbocycles. The fourth-order valence-electron chi connectivity index (χ4n) is 4.06. The first-order valence-corrected chi connectivity index (χ1v) is 12.7. The molecule has 0 fully saturated rings. The highest BCUT2D eigenvalue weighted by molar-refractivity contribution is 5.93. The maximum absolute atomic E-state index is 14.0. The summed E-state index contributed by atoms with van der Waals surface area (Å²) >= 11 is 0. The van der Waals surface area contributed by atoms with Crippen molar-refractivity contribution in [2.75, 3.05) is 36.9 Å². The van der Waals surface area contributed by atoms with E-state index >= 15 is 0 Å². The van der Waals surface area contributed by atoms with Crippen molar-refractivity contribution in [1.29, 1.82) is 0 Å². The van der Waals surface area contributed by atoms with E-state index in [1.54, 1.807) is 6.07 Å². The summed E-state index contributed by atoms with van der Waals surface area (Å²) in [5, 5.41) is 21.4. The zero-order valence-corrected chi connectivity index (χ0v) is 22.0. The Balaban J connectivity index is 1.52. The van der Waals surface area contributed by atoms with Gasteiger partial charge < -0.3 is 20.6 Å². The number of halogens is 4. The molecule has 13 heteroatoms. The Bertz CT molecular complexity index is 1580. The second-order valence-electron chi connectivity index (χ2n) is 8.98. The van der Waals surface area contributed by atoms with Crippen molar-refractivity contribution in [3.63, 3.8) is 0 Å². The van der Waals surface area contributed by atoms with Crippen molar-refractivity contribution >= 4 is 34.1 Å². The molecule has 4 aromatic rings. The van der Waals surface area contributed by atoms with Crippen LogP contribution in [0.3, 0.4) is 0 Å². The number of H-pyrrole nitrogens is 1. The van der Waals surface area contributed by atoms with Crippen LogP contribution in [-0.4, -0.2) is 62.3 Å². The zero-order valence-electron chi connectivity index (χ0n) is 22.0. The molecule has 2 heterocycles. The number of alkyl halides is 3. The number of benzene rings is 2. The number of aromatic nitrogens is 4. The lowest BCUT2D eigenvalue weighted by molar-refractivity contribution is -0.137. The summed E-state index contributed by atoms with van der Waals surface area (Å²) in [5.74, 6) is 4.83. The molecule has 0 saturated carbocycles. The molecule has 41 heavy (non-hydrogen) atoms. The normalized spacial score (nSPS) is 11.4. The molecular formula is C28H27F4N7O2. The highest BCUT2D eigenvalue weighted by Crippen LogP contribution is 2.35. The SMILES string of the molecule is CCN(CCO)CCC#Cc1cc2ncnc(Nc3cc(CC(=O)Nc4cccc(F)c4)[nH]n3)c2cc1C(F)(F)F. The summed E-state index contributed by atoms with van der Waals surface area (Å²) in [5.41, 5.74) is -0.162. The van der Waals surface area contributed by atoms with Gasteiger partial charge in [0.15, 0.2) is 5.82 Å². The Kier molecular flexibility index (Phi) is 9.49. The van der Waals surface area contributed by atoms with Crippen molar-refractivity contribution in [1.82, 2.24) is 25.1 Å². The summed E-state index contributed by atoms with van der Waals surface area (Å²) in [6, 6.07) is 9.20. The fourth-order valence-corrected chi connectivity index (χ4v) is 4.06. The van der Waals surface area contributed by atoms with Gasteiger partial charge in [-0.2, -0.15) is 18.3 Å². The summed E-state index contributed by atoms with van der Waals surface area (Å²) in [6.07, 6.45) is -3.23. The standard InChI is InChI=1S/C28H27F4N7O2/c1-2-39(10-11-40)9-4-3-6-18-12-24-22(16-23(18)28(30,31)32)27(34-17-33-24)36-25-14-21(37-38-25)15-26(41)35-20-8-5-7-19(29)13-20/h5,7-8,12-14,16-17,40H,2,4,9-11,15H2,1H3,(H,35,41)(H2,33,34,36,37,38). The molecule has 0 aliphatic heterocycles. The molecule has 0 unspecified atom stereocenters. The van der Waals surface area contributed by atoms with Crippen LogP contribution in [-0.2, 0) is 17.4 Å². The second kappa shape index (κ2) is 13.2. The number of aliphatic hydroxyl groups excluding tert-OH is 1. The number of nitrogens with one attached hydrogen (secondary N) is 3. The minimum absolute atomic E-state index is 0.00821. The largest absolute Gasteiger partial charge is 0.417 e. The monoisotopic (exact) mass is 569 g/mol. The van der Waals surface area contributed by atoms with E-state index in [-0.39, 0.29) is 41.1 Å². The number of likely N-dealkylation sites (N-methyl/N-ethyl adjacent to an activating group) is 1. The third-order valence-electron chi connectivity index (χ3n) is 6.06. The van der Waals surface area contributed by atoms with Gasteiger partial charge in [0, 0.05) is 47.9 Å². The van der Waals surface area contributed by atoms with Gasteiger partial charge >= 0.3 is 6.18 Å². The molecule has 2 aromatic heterocycles. The summed E-state index contributed by atoms with van der Waals surface area (Å²) in [4.78, 5) is 22.5. The van der Waals surface area contributed by atoms with Crippen LogP contribution in [0, 0.1) is 17.7 Å². The first-order valence-electron chi connectivity index (χ1n) is 12.7. The Morgan fingerprint density at radius 1 is 1.15 bits per heavy atom. The second-order valence-corrected chi connectivity index (χ2v) is 8.98. The van der Waals surface area contributed by atoms with Crippen molar-refractivity contribution in [3.05, 3.63) is 71.4 Å². The van der Waals surface area contributed by atoms with E-state index in [4.69, 9.17) is 5.11 Å². The van der Waals surface area contributed by atoms with Crippen LogP contribution in [0.15, 0.2) is 48.8 Å². The van der Waals surface area contributed by atoms with Gasteiger partial charge in [0.05, 0.1) is 24.1 Å². The lowest BCUT2D eigenvalue weighted by atomic mass is 10.0. The molecule has 9 nitrogen and oxygen atoms in total. The number of aromatic amines is 1. The van der Waals surface area contributed by atoms with E-state index in [1.807, 2.05) is 11.8 Å². The van der Waals surface area contributed by atoms with E-state index in [2.05, 4.69) is 42.6 Å². The van der Waals surface area contributed by atoms with Crippen molar-refractivity contribution < 1.29 is 27.5 Å². The van der Waals surface area contributed by atoms with Gasteiger partial charge in [-0.3, -0.25) is 9.89 Å². The molecule has 0 radical (unpaired) electrons. The molecule has 0 aliphatic rings. The lowest BCUT2D eigenvalue weighted by Crippen LogP contribution is -2.27. The molecule has 0 spiro atoms. The third kappa shape index (κ3) is 8.00. The predicted molar refractivity (Wildman–Crippen MR) is 146 cm³/mol. The van der Waals surface area contributed by atoms with Gasteiger partial charge in [0.1, 0.15) is 18.0 Å². The number of aliphatic hydroxyl groups is 1. The van der Waals surface area contributed by atoms with Crippen molar-refractivity contribution in [2.45, 2.75) is 25.9 Å². The molecule has 0 saturated heterocycles. The van der Waals surface area contributed by atoms with Crippen LogP contribution in [0.1, 0.15) is 30.2 Å². The number of hydrogen-bond donors (Lipinski definition) is 4. The van der Waals surface area contributed by atoms with Gasteiger partial charge in [0.25, 0.3) is 0 Å². The van der Waals surface area contributed by atoms with Crippen LogP contribution in [0.25, 0.3) is 10.9 Å². The third-order valence-corrected chi connectivity index (χ3v) is 6.06. The number of hydrogen-bond acceptors (Lipinski definition) is 7. The Labute approximate surface area is 233 Å². The topological polar surface area (TPSA) is 119 Å². The van der Waals surface area contributed by atoms with E-state index < -0.39 is 23.5 Å². The number of carbonyl (C=O) groups is 1. The van der Waals surface area contributed by atoms with Crippen LogP contribution in [0.5, 0.6) is 0 Å². The molecular weight excluding hydrogens is 542 g/mol. The molecule has 0 bridgehead atoms. The van der Waals surface area contributed by atoms with Gasteiger partial charge in [0.2, 0.25) is 5.91 Å². The van der Waals surface area contributed by atoms with E-state index in [0.29, 0.717) is 37.4 Å².